The van der Waals surface area contributed by atoms with Gasteiger partial charge in [-0.2, -0.15) is 0 Å². The van der Waals surface area contributed by atoms with Crippen molar-refractivity contribution in [3.05, 3.63) is 29.3 Å². The Bertz CT molecular complexity index is 775. The summed E-state index contributed by atoms with van der Waals surface area (Å²) >= 11 is 0. The Labute approximate surface area is 184 Å². The van der Waals surface area contributed by atoms with Crippen molar-refractivity contribution in [2.45, 2.75) is 52.1 Å². The van der Waals surface area contributed by atoms with Gasteiger partial charge < -0.3 is 25.2 Å². The summed E-state index contributed by atoms with van der Waals surface area (Å²) < 4.78 is 0. The molecule has 1 aliphatic rings. The van der Waals surface area contributed by atoms with Crippen LogP contribution in [0.2, 0.25) is 0 Å². The molecule has 31 heavy (non-hydrogen) atoms. The van der Waals surface area contributed by atoms with Crippen LogP contribution in [-0.2, 0) is 25.7 Å². The molecule has 1 saturated heterocycles. The number of hydrogen-bond donors (Lipinski definition) is 2. The van der Waals surface area contributed by atoms with Crippen molar-refractivity contribution in [1.29, 1.82) is 0 Å². The fraction of sp³-hybridized carbons (Fsp3) is 0.565. The molecular weight excluding hydrogens is 396 g/mol. The van der Waals surface area contributed by atoms with Crippen LogP contribution in [-0.4, -0.2) is 67.0 Å². The molecule has 1 heterocycles. The number of aldehydes is 1. The Morgan fingerprint density at radius 3 is 2.58 bits per heavy atom. The molecule has 8 heteroatoms. The van der Waals surface area contributed by atoms with Crippen molar-refractivity contribution in [1.82, 2.24) is 15.1 Å². The molecule has 2 rings (SSSR count). The number of piperidine rings is 1. The van der Waals surface area contributed by atoms with Crippen molar-refractivity contribution >= 4 is 30.2 Å². The lowest BCUT2D eigenvalue weighted by atomic mass is 9.99. The van der Waals surface area contributed by atoms with Gasteiger partial charge in [0, 0.05) is 38.8 Å². The van der Waals surface area contributed by atoms with Crippen LogP contribution in [0.25, 0.3) is 0 Å². The van der Waals surface area contributed by atoms with E-state index in [0.717, 1.165) is 49.0 Å². The molecule has 1 aromatic rings. The van der Waals surface area contributed by atoms with Gasteiger partial charge in [-0.05, 0) is 49.3 Å². The number of aryl methyl sites for hydroxylation is 1. The maximum absolute atomic E-state index is 12.6. The van der Waals surface area contributed by atoms with Crippen LogP contribution in [0.3, 0.4) is 0 Å². The standard InChI is InChI=1S/C23H34N4O4/c1-17-9-11-26(12-10-17)22(30)14-25-20-7-4-6-18(2)19(20)15-27(16-29)21(8-5-13-28)23(31)24-3/h4,6-7,13,16-17,21,25H,5,8-12,14-15H2,1-3H3,(H,24,31). The maximum Gasteiger partial charge on any atom is 0.242 e. The highest BCUT2D eigenvalue weighted by atomic mass is 16.2. The van der Waals surface area contributed by atoms with Crippen LogP contribution in [0.15, 0.2) is 18.2 Å². The topological polar surface area (TPSA) is 98.8 Å². The molecule has 1 fully saturated rings. The van der Waals surface area contributed by atoms with Gasteiger partial charge in [-0.3, -0.25) is 14.4 Å². The predicted molar refractivity (Wildman–Crippen MR) is 119 cm³/mol. The number of likely N-dealkylation sites (tertiary alicyclic amines) is 1. The van der Waals surface area contributed by atoms with Crippen LogP contribution in [0, 0.1) is 12.8 Å². The number of carbonyl (C=O) groups excluding carboxylic acids is 4. The average molecular weight is 431 g/mol. The number of nitrogens with zero attached hydrogens (tertiary/aromatic N) is 2. The molecule has 170 valence electrons. The summed E-state index contributed by atoms with van der Waals surface area (Å²) in [6.45, 7) is 6.08. The zero-order valence-corrected chi connectivity index (χ0v) is 18.7. The second-order valence-electron chi connectivity index (χ2n) is 8.17. The number of likely N-dealkylation sites (N-methyl/N-ethyl adjacent to an activating group) is 1. The van der Waals surface area contributed by atoms with Gasteiger partial charge in [0.1, 0.15) is 12.3 Å². The first-order chi connectivity index (χ1) is 14.9. The monoisotopic (exact) mass is 430 g/mol. The lowest BCUT2D eigenvalue weighted by Crippen LogP contribution is -2.45. The first kappa shape index (κ1) is 24.4. The molecule has 0 bridgehead atoms. The van der Waals surface area contributed by atoms with Gasteiger partial charge in [0.25, 0.3) is 0 Å². The highest BCUT2D eigenvalue weighted by Crippen LogP contribution is 2.23. The van der Waals surface area contributed by atoms with E-state index in [2.05, 4.69) is 17.6 Å². The van der Waals surface area contributed by atoms with E-state index in [0.29, 0.717) is 12.3 Å². The van der Waals surface area contributed by atoms with Gasteiger partial charge in [0.05, 0.1) is 6.54 Å². The van der Waals surface area contributed by atoms with E-state index >= 15 is 0 Å². The van der Waals surface area contributed by atoms with Crippen LogP contribution >= 0.6 is 0 Å². The molecule has 1 aliphatic heterocycles. The van der Waals surface area contributed by atoms with E-state index in [1.165, 1.54) is 11.9 Å². The Morgan fingerprint density at radius 2 is 1.97 bits per heavy atom. The number of nitrogens with one attached hydrogen (secondary N) is 2. The molecule has 1 unspecified atom stereocenters. The smallest absolute Gasteiger partial charge is 0.242 e. The third kappa shape index (κ3) is 6.80. The molecule has 2 N–H and O–H groups in total. The zero-order chi connectivity index (χ0) is 22.8. The van der Waals surface area contributed by atoms with Gasteiger partial charge in [-0.15, -0.1) is 0 Å². The normalized spacial score (nSPS) is 15.1. The van der Waals surface area contributed by atoms with Gasteiger partial charge in [-0.1, -0.05) is 19.1 Å². The van der Waals surface area contributed by atoms with Gasteiger partial charge in [-0.25, -0.2) is 0 Å². The van der Waals surface area contributed by atoms with Crippen LogP contribution in [0.5, 0.6) is 0 Å². The van der Waals surface area contributed by atoms with Gasteiger partial charge in [0.15, 0.2) is 0 Å². The molecule has 0 radical (unpaired) electrons. The van der Waals surface area contributed by atoms with E-state index in [4.69, 9.17) is 0 Å². The fourth-order valence-electron chi connectivity index (χ4n) is 3.86. The number of benzene rings is 1. The summed E-state index contributed by atoms with van der Waals surface area (Å²) in [6.07, 6.45) is 3.87. The molecule has 1 atom stereocenters. The second kappa shape index (κ2) is 12.1. The molecule has 0 saturated carbocycles. The van der Waals surface area contributed by atoms with Crippen molar-refractivity contribution < 1.29 is 19.2 Å². The summed E-state index contributed by atoms with van der Waals surface area (Å²) in [5, 5.41) is 5.79. The molecule has 8 nitrogen and oxygen atoms in total. The van der Waals surface area contributed by atoms with E-state index in [-0.39, 0.29) is 37.7 Å². The van der Waals surface area contributed by atoms with Crippen molar-refractivity contribution in [3.8, 4) is 0 Å². The quantitative estimate of drug-likeness (QED) is 0.521. The average Bonchev–Trinajstić information content (AvgIpc) is 2.78. The lowest BCUT2D eigenvalue weighted by Gasteiger charge is -2.31. The summed E-state index contributed by atoms with van der Waals surface area (Å²) in [6, 6.07) is 4.95. The summed E-state index contributed by atoms with van der Waals surface area (Å²) in [4.78, 5) is 50.9. The van der Waals surface area contributed by atoms with Crippen LogP contribution in [0.4, 0.5) is 5.69 Å². The van der Waals surface area contributed by atoms with Crippen LogP contribution < -0.4 is 10.6 Å². The first-order valence-corrected chi connectivity index (χ1v) is 10.9. The predicted octanol–water partition coefficient (Wildman–Crippen LogP) is 1.72. The Morgan fingerprint density at radius 1 is 1.26 bits per heavy atom. The van der Waals surface area contributed by atoms with Gasteiger partial charge >= 0.3 is 0 Å². The zero-order valence-electron chi connectivity index (χ0n) is 18.7. The molecule has 1 aromatic carbocycles. The van der Waals surface area contributed by atoms with E-state index in [1.807, 2.05) is 30.0 Å². The minimum atomic E-state index is -0.739. The molecule has 0 spiro atoms. The first-order valence-electron chi connectivity index (χ1n) is 10.9. The Kier molecular flexibility index (Phi) is 9.49. The summed E-state index contributed by atoms with van der Waals surface area (Å²) in [5.74, 6) is 0.398. The van der Waals surface area contributed by atoms with E-state index < -0.39 is 6.04 Å². The SMILES string of the molecule is CNC(=O)C(CCC=O)N(C=O)Cc1c(C)cccc1NCC(=O)N1CCC(C)CC1. The fourth-order valence-corrected chi connectivity index (χ4v) is 3.86. The minimum absolute atomic E-state index is 0.0563. The molecular formula is C23H34N4O4. The third-order valence-corrected chi connectivity index (χ3v) is 5.96. The van der Waals surface area contributed by atoms with Crippen molar-refractivity contribution in [2.75, 3.05) is 32.0 Å². The van der Waals surface area contributed by atoms with Gasteiger partial charge in [0.2, 0.25) is 18.2 Å². The van der Waals surface area contributed by atoms with Crippen molar-refractivity contribution in [3.63, 3.8) is 0 Å². The van der Waals surface area contributed by atoms with Crippen molar-refractivity contribution in [2.24, 2.45) is 5.92 Å². The summed E-state index contributed by atoms with van der Waals surface area (Å²) in [7, 11) is 1.51. The molecule has 3 amide bonds. The lowest BCUT2D eigenvalue weighted by molar-refractivity contribution is -0.133. The number of rotatable bonds is 11. The maximum atomic E-state index is 12.6. The second-order valence-corrected chi connectivity index (χ2v) is 8.17. The number of anilines is 1. The van der Waals surface area contributed by atoms with Crippen LogP contribution in [0.1, 0.15) is 43.7 Å². The highest BCUT2D eigenvalue weighted by molar-refractivity contribution is 5.84. The van der Waals surface area contributed by atoms with E-state index in [1.54, 1.807) is 0 Å². The highest BCUT2D eigenvalue weighted by Gasteiger charge is 2.25. The largest absolute Gasteiger partial charge is 0.376 e. The number of carbonyl (C=O) groups is 4. The third-order valence-electron chi connectivity index (χ3n) is 5.96. The minimum Gasteiger partial charge on any atom is -0.376 e. The molecule has 0 aromatic heterocycles. The number of amides is 3. The summed E-state index contributed by atoms with van der Waals surface area (Å²) in [5.41, 5.74) is 2.55. The Balaban J connectivity index is 2.13. The number of hydrogen-bond acceptors (Lipinski definition) is 5. The Hall–Kier alpha value is -2.90. The molecule has 0 aliphatic carbocycles. The van der Waals surface area contributed by atoms with E-state index in [9.17, 15) is 19.2 Å².